The van der Waals surface area contributed by atoms with Gasteiger partial charge in [-0.05, 0) is 18.1 Å². The predicted molar refractivity (Wildman–Crippen MR) is 66.5 cm³/mol. The summed E-state index contributed by atoms with van der Waals surface area (Å²) in [6, 6.07) is 9.69. The van der Waals surface area contributed by atoms with E-state index >= 15 is 0 Å². The summed E-state index contributed by atoms with van der Waals surface area (Å²) in [7, 11) is 0. The molecule has 0 amide bonds. The topological polar surface area (TPSA) is 46.5 Å². The molecule has 1 aromatic rings. The lowest BCUT2D eigenvalue weighted by molar-refractivity contribution is -0.118. The minimum absolute atomic E-state index is 0.0735. The van der Waals surface area contributed by atoms with Gasteiger partial charge in [0.2, 0.25) is 0 Å². The molecule has 17 heavy (non-hydrogen) atoms. The highest BCUT2D eigenvalue weighted by Gasteiger charge is 2.11. The van der Waals surface area contributed by atoms with Gasteiger partial charge in [0.05, 0.1) is 19.3 Å². The zero-order valence-electron chi connectivity index (χ0n) is 10.1. The molecule has 0 radical (unpaired) electrons. The van der Waals surface area contributed by atoms with E-state index < -0.39 is 6.10 Å². The Labute approximate surface area is 102 Å². The third kappa shape index (κ3) is 5.43. The van der Waals surface area contributed by atoms with Crippen LogP contribution in [0.3, 0.4) is 0 Å². The average molecular weight is 234 g/mol. The summed E-state index contributed by atoms with van der Waals surface area (Å²) in [5, 5.41) is 9.56. The molecule has 0 aliphatic carbocycles. The molecule has 1 rings (SSSR count). The normalized spacial score (nSPS) is 12.1. The fraction of sp³-hybridized carbons (Fsp3) is 0.357. The molecule has 3 nitrogen and oxygen atoms in total. The maximum atomic E-state index is 11.3. The molecule has 0 saturated carbocycles. The van der Waals surface area contributed by atoms with Gasteiger partial charge in [-0.25, -0.2) is 0 Å². The maximum absolute atomic E-state index is 11.3. The second-order valence-corrected chi connectivity index (χ2v) is 4.06. The van der Waals surface area contributed by atoms with Crippen LogP contribution in [-0.4, -0.2) is 23.6 Å². The standard InChI is InChI=1S/C14H18O3/c1-11(2)14(16)8-13(15)10-17-9-12-6-4-3-5-7-12/h3-7,13,15H,1,8-10H2,2H3/t13-/m1/s1. The van der Waals surface area contributed by atoms with Crippen molar-refractivity contribution in [2.45, 2.75) is 26.1 Å². The van der Waals surface area contributed by atoms with Gasteiger partial charge in [0.15, 0.2) is 5.78 Å². The summed E-state index contributed by atoms with van der Waals surface area (Å²) in [5.74, 6) is -0.124. The molecule has 0 aliphatic rings. The van der Waals surface area contributed by atoms with E-state index in [2.05, 4.69) is 6.58 Å². The van der Waals surface area contributed by atoms with Crippen LogP contribution >= 0.6 is 0 Å². The maximum Gasteiger partial charge on any atom is 0.160 e. The van der Waals surface area contributed by atoms with Gasteiger partial charge in [-0.2, -0.15) is 0 Å². The number of carbonyl (C=O) groups is 1. The lowest BCUT2D eigenvalue weighted by Crippen LogP contribution is -2.19. The first-order valence-electron chi connectivity index (χ1n) is 5.58. The smallest absolute Gasteiger partial charge is 0.160 e. The van der Waals surface area contributed by atoms with E-state index in [0.29, 0.717) is 12.2 Å². The summed E-state index contributed by atoms with van der Waals surface area (Å²) in [6.07, 6.45) is -0.688. The van der Waals surface area contributed by atoms with Crippen LogP contribution in [0.25, 0.3) is 0 Å². The van der Waals surface area contributed by atoms with Crippen LogP contribution in [0.5, 0.6) is 0 Å². The van der Waals surface area contributed by atoms with Crippen LogP contribution in [0.4, 0.5) is 0 Å². The molecule has 0 fully saturated rings. The van der Waals surface area contributed by atoms with Gasteiger partial charge < -0.3 is 9.84 Å². The number of Topliss-reactive ketones (excluding diaryl/α,β-unsaturated/α-hetero) is 1. The summed E-state index contributed by atoms with van der Waals surface area (Å²) in [6.45, 7) is 5.78. The highest BCUT2D eigenvalue weighted by atomic mass is 16.5. The van der Waals surface area contributed by atoms with Crippen LogP contribution in [0.2, 0.25) is 0 Å². The Morgan fingerprint density at radius 3 is 2.65 bits per heavy atom. The van der Waals surface area contributed by atoms with Crippen LogP contribution in [0.15, 0.2) is 42.5 Å². The molecule has 0 bridgehead atoms. The molecule has 0 aliphatic heterocycles. The molecule has 92 valence electrons. The highest BCUT2D eigenvalue weighted by Crippen LogP contribution is 2.04. The minimum atomic E-state index is -0.761. The van der Waals surface area contributed by atoms with Crippen LogP contribution in [0, 0.1) is 0 Å². The number of rotatable bonds is 7. The van der Waals surface area contributed by atoms with Crippen LogP contribution < -0.4 is 0 Å². The number of hydrogen-bond donors (Lipinski definition) is 1. The Bertz CT molecular complexity index is 370. The van der Waals surface area contributed by atoms with Gasteiger partial charge in [-0.1, -0.05) is 36.9 Å². The summed E-state index contributed by atoms with van der Waals surface area (Å²) < 4.78 is 5.33. The van der Waals surface area contributed by atoms with Crippen molar-refractivity contribution in [1.29, 1.82) is 0 Å². The van der Waals surface area contributed by atoms with Gasteiger partial charge >= 0.3 is 0 Å². The minimum Gasteiger partial charge on any atom is -0.390 e. The summed E-state index contributed by atoms with van der Waals surface area (Å²) >= 11 is 0. The van der Waals surface area contributed by atoms with Crippen LogP contribution in [0.1, 0.15) is 18.9 Å². The Hall–Kier alpha value is -1.45. The van der Waals surface area contributed by atoms with E-state index in [1.165, 1.54) is 0 Å². The summed E-state index contributed by atoms with van der Waals surface area (Å²) in [5.41, 5.74) is 1.51. The van der Waals surface area contributed by atoms with Crippen LogP contribution in [-0.2, 0) is 16.1 Å². The first kappa shape index (κ1) is 13.6. The SMILES string of the molecule is C=C(C)C(=O)C[C@@H](O)COCc1ccccc1. The fourth-order valence-corrected chi connectivity index (χ4v) is 1.33. The number of aliphatic hydroxyl groups is 1. The second kappa shape index (κ2) is 6.99. The molecular weight excluding hydrogens is 216 g/mol. The van der Waals surface area contributed by atoms with E-state index in [-0.39, 0.29) is 18.8 Å². The van der Waals surface area contributed by atoms with Gasteiger partial charge in [0.1, 0.15) is 0 Å². The van der Waals surface area contributed by atoms with E-state index in [9.17, 15) is 9.90 Å². The third-order valence-electron chi connectivity index (χ3n) is 2.32. The quantitative estimate of drug-likeness (QED) is 0.735. The lowest BCUT2D eigenvalue weighted by Gasteiger charge is -2.10. The van der Waals surface area contributed by atoms with Crippen molar-refractivity contribution < 1.29 is 14.6 Å². The molecule has 3 heteroatoms. The number of allylic oxidation sites excluding steroid dienone is 1. The Morgan fingerprint density at radius 2 is 2.06 bits per heavy atom. The van der Waals surface area contributed by atoms with Crippen molar-refractivity contribution in [3.05, 3.63) is 48.0 Å². The van der Waals surface area contributed by atoms with Crippen molar-refractivity contribution in [2.75, 3.05) is 6.61 Å². The van der Waals surface area contributed by atoms with Crippen molar-refractivity contribution in [1.82, 2.24) is 0 Å². The fourth-order valence-electron chi connectivity index (χ4n) is 1.33. The number of hydrogen-bond acceptors (Lipinski definition) is 3. The third-order valence-corrected chi connectivity index (χ3v) is 2.32. The summed E-state index contributed by atoms with van der Waals surface area (Å²) in [4.78, 5) is 11.3. The molecule has 0 heterocycles. The molecule has 1 atom stereocenters. The molecule has 0 unspecified atom stereocenters. The molecule has 1 aromatic carbocycles. The van der Waals surface area contributed by atoms with Crippen molar-refractivity contribution in [2.24, 2.45) is 0 Å². The second-order valence-electron chi connectivity index (χ2n) is 4.06. The highest BCUT2D eigenvalue weighted by molar-refractivity contribution is 5.94. The van der Waals surface area contributed by atoms with Gasteiger partial charge in [-0.3, -0.25) is 4.79 Å². The molecule has 0 spiro atoms. The van der Waals surface area contributed by atoms with E-state index in [1.54, 1.807) is 6.92 Å². The van der Waals surface area contributed by atoms with E-state index in [1.807, 2.05) is 30.3 Å². The van der Waals surface area contributed by atoms with Crippen molar-refractivity contribution >= 4 is 5.78 Å². The zero-order valence-corrected chi connectivity index (χ0v) is 10.1. The lowest BCUT2D eigenvalue weighted by atomic mass is 10.1. The van der Waals surface area contributed by atoms with Gasteiger partial charge in [-0.15, -0.1) is 0 Å². The Kier molecular flexibility index (Phi) is 5.60. The number of aliphatic hydroxyl groups excluding tert-OH is 1. The number of benzene rings is 1. The Morgan fingerprint density at radius 1 is 1.41 bits per heavy atom. The first-order valence-corrected chi connectivity index (χ1v) is 5.58. The van der Waals surface area contributed by atoms with E-state index in [0.717, 1.165) is 5.56 Å². The monoisotopic (exact) mass is 234 g/mol. The number of ketones is 1. The predicted octanol–water partition coefficient (Wildman–Crippen LogP) is 2.10. The van der Waals surface area contributed by atoms with Gasteiger partial charge in [0.25, 0.3) is 0 Å². The van der Waals surface area contributed by atoms with Crippen molar-refractivity contribution in [3.8, 4) is 0 Å². The first-order chi connectivity index (χ1) is 8.09. The molecule has 1 N–H and O–H groups in total. The zero-order chi connectivity index (χ0) is 12.7. The van der Waals surface area contributed by atoms with Crippen molar-refractivity contribution in [3.63, 3.8) is 0 Å². The molecular formula is C14H18O3. The number of ether oxygens (including phenoxy) is 1. The average Bonchev–Trinajstić information content (AvgIpc) is 2.30. The van der Waals surface area contributed by atoms with E-state index in [4.69, 9.17) is 4.74 Å². The largest absolute Gasteiger partial charge is 0.390 e. The molecule has 0 aromatic heterocycles. The Balaban J connectivity index is 2.23. The van der Waals surface area contributed by atoms with Gasteiger partial charge in [0, 0.05) is 6.42 Å². The molecule has 0 saturated heterocycles. The number of carbonyl (C=O) groups excluding carboxylic acids is 1.